The maximum Gasteiger partial charge on any atom is 0.254 e. The van der Waals surface area contributed by atoms with Gasteiger partial charge in [0.05, 0.1) is 12.4 Å². The third kappa shape index (κ3) is 3.82. The van der Waals surface area contributed by atoms with Gasteiger partial charge in [-0.25, -0.2) is 14.4 Å². The van der Waals surface area contributed by atoms with E-state index in [1.54, 1.807) is 4.90 Å². The third-order valence-electron chi connectivity index (χ3n) is 4.82. The van der Waals surface area contributed by atoms with Crippen LogP contribution in [0.2, 0.25) is 0 Å². The van der Waals surface area contributed by atoms with Crippen LogP contribution in [-0.2, 0) is 10.2 Å². The van der Waals surface area contributed by atoms with Gasteiger partial charge in [0.2, 0.25) is 11.9 Å². The molecule has 1 aromatic carbocycles. The second-order valence-electron chi connectivity index (χ2n) is 6.76. The predicted molar refractivity (Wildman–Crippen MR) is 102 cm³/mol. The lowest BCUT2D eigenvalue weighted by atomic mass is 9.85. The Morgan fingerprint density at radius 3 is 2.59 bits per heavy atom. The molecule has 1 aromatic heterocycles. The van der Waals surface area contributed by atoms with Gasteiger partial charge in [0.25, 0.3) is 5.91 Å². The maximum absolute atomic E-state index is 12.8. The van der Waals surface area contributed by atoms with Crippen LogP contribution in [0.3, 0.4) is 0 Å². The van der Waals surface area contributed by atoms with Crippen LogP contribution >= 0.6 is 0 Å². The quantitative estimate of drug-likeness (QED) is 0.897. The van der Waals surface area contributed by atoms with Gasteiger partial charge in [0.15, 0.2) is 5.82 Å². The number of amides is 2. The first-order valence-corrected chi connectivity index (χ1v) is 9.15. The molecule has 1 aliphatic carbocycles. The van der Waals surface area contributed by atoms with E-state index in [4.69, 9.17) is 0 Å². The molecule has 27 heavy (non-hydrogen) atoms. The molecule has 0 bridgehead atoms. The second kappa shape index (κ2) is 7.42. The Morgan fingerprint density at radius 2 is 1.96 bits per heavy atom. The predicted octanol–water partition coefficient (Wildman–Crippen LogP) is 3.32. The van der Waals surface area contributed by atoms with Crippen molar-refractivity contribution in [1.29, 1.82) is 0 Å². The van der Waals surface area contributed by atoms with Crippen LogP contribution in [0, 0.1) is 12.7 Å². The Morgan fingerprint density at radius 1 is 1.30 bits per heavy atom. The van der Waals surface area contributed by atoms with Crippen LogP contribution in [0.1, 0.15) is 49.6 Å². The fourth-order valence-electron chi connectivity index (χ4n) is 3.40. The van der Waals surface area contributed by atoms with Crippen molar-refractivity contribution in [3.05, 3.63) is 53.1 Å². The Balaban J connectivity index is 0.000000906. The van der Waals surface area contributed by atoms with Gasteiger partial charge in [0.1, 0.15) is 6.54 Å². The highest BCUT2D eigenvalue weighted by atomic mass is 19.1. The zero-order valence-corrected chi connectivity index (χ0v) is 15.8. The van der Waals surface area contributed by atoms with E-state index in [2.05, 4.69) is 21.4 Å². The number of anilines is 1. The van der Waals surface area contributed by atoms with Crippen molar-refractivity contribution in [3.8, 4) is 0 Å². The fraction of sp³-hybridized carbons (Fsp3) is 0.400. The van der Waals surface area contributed by atoms with Crippen LogP contribution in [0.15, 0.2) is 30.6 Å². The monoisotopic (exact) mass is 372 g/mol. The van der Waals surface area contributed by atoms with Gasteiger partial charge in [-0.15, -0.1) is 0 Å². The van der Waals surface area contributed by atoms with Crippen molar-refractivity contribution in [2.45, 2.75) is 39.0 Å². The number of carbonyl (C=O) groups excluding carboxylic acids is 2. The minimum Gasteiger partial charge on any atom is -0.328 e. The number of hydrogen-bond donors (Lipinski definition) is 1. The number of carbonyl (C=O) groups is 2. The highest BCUT2D eigenvalue weighted by Crippen LogP contribution is 2.52. The van der Waals surface area contributed by atoms with Gasteiger partial charge in [-0.05, 0) is 31.4 Å². The van der Waals surface area contributed by atoms with E-state index in [0.29, 0.717) is 12.1 Å². The van der Waals surface area contributed by atoms with Crippen molar-refractivity contribution in [2.24, 2.45) is 0 Å². The van der Waals surface area contributed by atoms with Crippen LogP contribution < -0.4 is 5.32 Å². The second-order valence-corrected chi connectivity index (χ2v) is 6.76. The molecular weight excluding hydrogens is 347 g/mol. The molecule has 1 spiro atoms. The zero-order chi connectivity index (χ0) is 19.6. The van der Waals surface area contributed by atoms with E-state index in [1.807, 2.05) is 32.9 Å². The van der Waals surface area contributed by atoms with E-state index in [1.165, 1.54) is 0 Å². The molecule has 0 unspecified atom stereocenters. The summed E-state index contributed by atoms with van der Waals surface area (Å²) in [5, 5.41) is 2.50. The van der Waals surface area contributed by atoms with E-state index in [9.17, 15) is 14.0 Å². The molecule has 2 aliphatic rings. The van der Waals surface area contributed by atoms with Gasteiger partial charge in [-0.1, -0.05) is 31.5 Å². The lowest BCUT2D eigenvalue weighted by Crippen LogP contribution is -2.46. The molecule has 0 saturated heterocycles. The Labute approximate surface area is 159 Å². The summed E-state index contributed by atoms with van der Waals surface area (Å²) in [5.74, 6) is -1.09. The van der Waals surface area contributed by atoms with E-state index >= 15 is 0 Å². The minimum atomic E-state index is -0.577. The van der Waals surface area contributed by atoms with Gasteiger partial charge in [-0.2, -0.15) is 0 Å². The highest BCUT2D eigenvalue weighted by Gasteiger charge is 2.51. The molecule has 7 heteroatoms. The molecule has 2 aromatic rings. The summed E-state index contributed by atoms with van der Waals surface area (Å²) in [4.78, 5) is 33.9. The average Bonchev–Trinajstić information content (AvgIpc) is 3.43. The van der Waals surface area contributed by atoms with Gasteiger partial charge < -0.3 is 4.90 Å². The molecule has 6 nitrogen and oxygen atoms in total. The zero-order valence-electron chi connectivity index (χ0n) is 15.8. The number of nitrogens with zero attached hydrogens (tertiary/aromatic N) is 3. The van der Waals surface area contributed by atoms with Crippen LogP contribution in [0.25, 0.3) is 0 Å². The molecule has 1 N–H and O–H groups in total. The number of rotatable bonds is 3. The smallest absolute Gasteiger partial charge is 0.254 e. The number of nitrogens with one attached hydrogen (secondary N) is 1. The van der Waals surface area contributed by atoms with Crippen molar-refractivity contribution in [1.82, 2.24) is 14.9 Å². The van der Waals surface area contributed by atoms with Crippen LogP contribution in [0.4, 0.5) is 10.3 Å². The van der Waals surface area contributed by atoms with Crippen molar-refractivity contribution >= 4 is 17.8 Å². The van der Waals surface area contributed by atoms with Gasteiger partial charge in [-0.3, -0.25) is 14.9 Å². The molecule has 1 aliphatic heterocycles. The standard InChI is InChI=1S/C18H17FN4O2.C2H6.H2/c1-11-2-3-13-14(6-11)18(4-5-18)10-23(16(13)25)9-15(24)22-17-20-7-12(19)8-21-17;1-2;/h2-3,6-8H,4-5,9-10H2,1H3,(H,20,21,22,24);1-2H3;1H. The Hall–Kier alpha value is -2.83. The summed E-state index contributed by atoms with van der Waals surface area (Å²) in [6.45, 7) is 6.48. The molecule has 2 heterocycles. The van der Waals surface area contributed by atoms with Crippen molar-refractivity contribution < 1.29 is 15.4 Å². The first-order valence-electron chi connectivity index (χ1n) is 9.15. The summed E-state index contributed by atoms with van der Waals surface area (Å²) in [5.41, 5.74) is 2.91. The average molecular weight is 372 g/mol. The number of fused-ring (bicyclic) bond motifs is 2. The normalized spacial score (nSPS) is 16.3. The van der Waals surface area contributed by atoms with Crippen LogP contribution in [0.5, 0.6) is 0 Å². The molecule has 4 rings (SSSR count). The van der Waals surface area contributed by atoms with Crippen molar-refractivity contribution in [2.75, 3.05) is 18.4 Å². The first kappa shape index (κ1) is 18.9. The highest BCUT2D eigenvalue weighted by molar-refractivity contribution is 6.01. The number of hydrogen-bond acceptors (Lipinski definition) is 4. The summed E-state index contributed by atoms with van der Waals surface area (Å²) in [6.07, 6.45) is 4.00. The van der Waals surface area contributed by atoms with Gasteiger partial charge >= 0.3 is 0 Å². The fourth-order valence-corrected chi connectivity index (χ4v) is 3.40. The summed E-state index contributed by atoms with van der Waals surface area (Å²) in [7, 11) is 0. The molecule has 2 amide bonds. The first-order chi connectivity index (χ1) is 13.0. The largest absolute Gasteiger partial charge is 0.328 e. The Bertz CT molecular complexity index is 869. The maximum atomic E-state index is 12.8. The topological polar surface area (TPSA) is 75.2 Å². The third-order valence-corrected chi connectivity index (χ3v) is 4.82. The number of aromatic nitrogens is 2. The number of halogens is 1. The SMILES string of the molecule is CC.Cc1ccc2c(c1)C1(CC1)CN(CC(=O)Nc1ncc(F)cn1)C2=O.[HH]. The number of aryl methyl sites for hydroxylation is 1. The molecule has 1 fully saturated rings. The van der Waals surface area contributed by atoms with E-state index in [-0.39, 0.29) is 25.2 Å². The lowest BCUT2D eigenvalue weighted by Gasteiger charge is -2.34. The Kier molecular flexibility index (Phi) is 5.21. The molecule has 144 valence electrons. The lowest BCUT2D eigenvalue weighted by molar-refractivity contribution is -0.117. The van der Waals surface area contributed by atoms with Crippen molar-refractivity contribution in [3.63, 3.8) is 0 Å². The van der Waals surface area contributed by atoms with Gasteiger partial charge in [0, 0.05) is 18.9 Å². The molecule has 0 atom stereocenters. The van der Waals surface area contributed by atoms with Crippen LogP contribution in [-0.4, -0.2) is 39.8 Å². The summed E-state index contributed by atoms with van der Waals surface area (Å²) in [6, 6.07) is 5.85. The van der Waals surface area contributed by atoms with E-state index < -0.39 is 11.7 Å². The number of benzene rings is 1. The molecular formula is C20H25FN4O2. The van der Waals surface area contributed by atoms with E-state index in [0.717, 1.165) is 36.4 Å². The minimum absolute atomic E-state index is 0. The molecule has 0 radical (unpaired) electrons. The molecule has 1 saturated carbocycles. The summed E-state index contributed by atoms with van der Waals surface area (Å²) >= 11 is 0. The summed E-state index contributed by atoms with van der Waals surface area (Å²) < 4.78 is 12.8.